The van der Waals surface area contributed by atoms with Gasteiger partial charge in [0.25, 0.3) is 0 Å². The van der Waals surface area contributed by atoms with Crippen LogP contribution in [0.2, 0.25) is 0 Å². The lowest BCUT2D eigenvalue weighted by Crippen LogP contribution is -2.16. The molecule has 0 aromatic heterocycles. The van der Waals surface area contributed by atoms with Gasteiger partial charge >= 0.3 is 0 Å². The van der Waals surface area contributed by atoms with Crippen LogP contribution in [0.3, 0.4) is 0 Å². The third-order valence-corrected chi connectivity index (χ3v) is 2.35. The van der Waals surface area contributed by atoms with Gasteiger partial charge in [-0.15, -0.1) is 13.2 Å². The van der Waals surface area contributed by atoms with Crippen molar-refractivity contribution in [2.75, 3.05) is 11.9 Å². The number of rotatable bonds is 6. The number of allylic oxidation sites excluding steroid dienone is 2. The van der Waals surface area contributed by atoms with Crippen molar-refractivity contribution in [2.24, 2.45) is 5.41 Å². The molecule has 0 unspecified atom stereocenters. The van der Waals surface area contributed by atoms with Crippen LogP contribution in [0, 0.1) is 5.41 Å². The highest BCUT2D eigenvalue weighted by Gasteiger charge is 2.20. The molecule has 0 heterocycles. The second kappa shape index (κ2) is 5.56. The van der Waals surface area contributed by atoms with E-state index in [9.17, 15) is 0 Å². The van der Waals surface area contributed by atoms with Gasteiger partial charge in [0.2, 0.25) is 0 Å². The lowest BCUT2D eigenvalue weighted by atomic mass is 9.82. The Kier molecular flexibility index (Phi) is 5.51. The van der Waals surface area contributed by atoms with Crippen molar-refractivity contribution >= 4 is 15.9 Å². The van der Waals surface area contributed by atoms with Gasteiger partial charge in [0.15, 0.2) is 0 Å². The zero-order valence-corrected chi connectivity index (χ0v) is 8.31. The Morgan fingerprint density at radius 1 is 1.27 bits per heavy atom. The number of halogens is 1. The molecule has 0 aromatic carbocycles. The molecule has 0 fully saturated rings. The highest BCUT2D eigenvalue weighted by atomic mass is 79.9. The molecule has 0 bridgehead atoms. The summed E-state index contributed by atoms with van der Waals surface area (Å²) in [4.78, 5) is 0. The normalized spacial score (nSPS) is 11.1. The number of hydrogen-bond donors (Lipinski definition) is 1. The molecular formula is C9H15BrO. The third-order valence-electron chi connectivity index (χ3n) is 1.95. The molecule has 0 aliphatic rings. The van der Waals surface area contributed by atoms with Gasteiger partial charge in [0, 0.05) is 17.4 Å². The molecule has 1 nitrogen and oxygen atoms in total. The van der Waals surface area contributed by atoms with E-state index in [4.69, 9.17) is 5.11 Å². The molecule has 0 amide bonds. The van der Waals surface area contributed by atoms with E-state index < -0.39 is 0 Å². The molecule has 0 aromatic rings. The van der Waals surface area contributed by atoms with Crippen LogP contribution >= 0.6 is 15.9 Å². The molecule has 11 heavy (non-hydrogen) atoms. The minimum atomic E-state index is -0.0851. The Balaban J connectivity index is 4.18. The molecule has 0 aliphatic carbocycles. The van der Waals surface area contributed by atoms with Crippen LogP contribution in [-0.2, 0) is 0 Å². The summed E-state index contributed by atoms with van der Waals surface area (Å²) < 4.78 is 0. The largest absolute Gasteiger partial charge is 0.396 e. The third kappa shape index (κ3) is 3.21. The van der Waals surface area contributed by atoms with E-state index in [1.807, 2.05) is 12.2 Å². The van der Waals surface area contributed by atoms with E-state index in [1.54, 1.807) is 0 Å². The maximum Gasteiger partial charge on any atom is 0.0442 e. The van der Waals surface area contributed by atoms with Crippen molar-refractivity contribution in [3.63, 3.8) is 0 Å². The van der Waals surface area contributed by atoms with Crippen LogP contribution in [0.4, 0.5) is 0 Å². The second-order valence-corrected chi connectivity index (χ2v) is 3.35. The van der Waals surface area contributed by atoms with Crippen LogP contribution in [0.5, 0.6) is 0 Å². The Bertz CT molecular complexity index is 116. The van der Waals surface area contributed by atoms with E-state index in [0.29, 0.717) is 6.42 Å². The van der Waals surface area contributed by atoms with E-state index in [-0.39, 0.29) is 12.0 Å². The Labute approximate surface area is 76.9 Å². The summed E-state index contributed by atoms with van der Waals surface area (Å²) in [5.41, 5.74) is -0.0851. The molecule has 1 N–H and O–H groups in total. The van der Waals surface area contributed by atoms with Crippen molar-refractivity contribution < 1.29 is 5.11 Å². The standard InChI is InChI=1S/C9H15BrO/c1-3-9(4-2,5-7-10)6-8-11/h3-4,11H,1-2,5-8H2. The summed E-state index contributed by atoms with van der Waals surface area (Å²) in [5.74, 6) is 0. The number of aliphatic hydroxyl groups excluding tert-OH is 1. The van der Waals surface area contributed by atoms with E-state index in [2.05, 4.69) is 29.1 Å². The lowest BCUT2D eigenvalue weighted by molar-refractivity contribution is 0.243. The Morgan fingerprint density at radius 3 is 2.09 bits per heavy atom. The summed E-state index contributed by atoms with van der Waals surface area (Å²) in [5, 5.41) is 9.69. The van der Waals surface area contributed by atoms with Gasteiger partial charge in [-0.3, -0.25) is 0 Å². The molecule has 0 spiro atoms. The van der Waals surface area contributed by atoms with Gasteiger partial charge in [-0.1, -0.05) is 28.1 Å². The van der Waals surface area contributed by atoms with Gasteiger partial charge in [0.05, 0.1) is 0 Å². The van der Waals surface area contributed by atoms with Gasteiger partial charge in [0.1, 0.15) is 0 Å². The van der Waals surface area contributed by atoms with Crippen LogP contribution < -0.4 is 0 Å². The SMILES string of the molecule is C=CC(C=C)(CCO)CCBr. The summed E-state index contributed by atoms with van der Waals surface area (Å²) in [7, 11) is 0. The monoisotopic (exact) mass is 218 g/mol. The Morgan fingerprint density at radius 2 is 1.82 bits per heavy atom. The molecule has 0 saturated heterocycles. The quantitative estimate of drug-likeness (QED) is 0.537. The fourth-order valence-electron chi connectivity index (χ4n) is 1.00. The number of alkyl halides is 1. The summed E-state index contributed by atoms with van der Waals surface area (Å²) >= 11 is 3.36. The fourth-order valence-corrected chi connectivity index (χ4v) is 1.74. The first-order valence-electron chi connectivity index (χ1n) is 3.68. The van der Waals surface area contributed by atoms with Crippen molar-refractivity contribution in [3.05, 3.63) is 25.3 Å². The minimum Gasteiger partial charge on any atom is -0.396 e. The molecule has 0 aliphatic heterocycles. The molecule has 0 rings (SSSR count). The van der Waals surface area contributed by atoms with Crippen molar-refractivity contribution in [1.29, 1.82) is 0 Å². The van der Waals surface area contributed by atoms with E-state index in [1.165, 1.54) is 0 Å². The zero-order valence-electron chi connectivity index (χ0n) is 6.72. The predicted octanol–water partition coefficient (Wildman–Crippen LogP) is 2.51. The summed E-state index contributed by atoms with van der Waals surface area (Å²) in [6.45, 7) is 7.66. The molecule has 64 valence electrons. The van der Waals surface area contributed by atoms with Crippen LogP contribution in [0.15, 0.2) is 25.3 Å². The molecule has 0 saturated carbocycles. The van der Waals surface area contributed by atoms with Crippen molar-refractivity contribution in [3.8, 4) is 0 Å². The van der Waals surface area contributed by atoms with Crippen LogP contribution in [-0.4, -0.2) is 17.0 Å². The average Bonchev–Trinajstić information content (AvgIpc) is 2.04. The first-order valence-corrected chi connectivity index (χ1v) is 4.81. The average molecular weight is 219 g/mol. The Hall–Kier alpha value is -0.0800. The predicted molar refractivity (Wildman–Crippen MR) is 52.9 cm³/mol. The highest BCUT2D eigenvalue weighted by molar-refractivity contribution is 9.09. The molecule has 0 radical (unpaired) electrons. The first-order chi connectivity index (χ1) is 5.24. The molecule has 2 heteroatoms. The van der Waals surface area contributed by atoms with E-state index >= 15 is 0 Å². The van der Waals surface area contributed by atoms with Gasteiger partial charge in [-0.2, -0.15) is 0 Å². The van der Waals surface area contributed by atoms with E-state index in [0.717, 1.165) is 11.8 Å². The number of aliphatic hydroxyl groups is 1. The van der Waals surface area contributed by atoms with Crippen molar-refractivity contribution in [2.45, 2.75) is 12.8 Å². The van der Waals surface area contributed by atoms with Gasteiger partial charge in [-0.05, 0) is 12.8 Å². The minimum absolute atomic E-state index is 0.0851. The molecule has 0 atom stereocenters. The van der Waals surface area contributed by atoms with Gasteiger partial charge < -0.3 is 5.11 Å². The summed E-state index contributed by atoms with van der Waals surface area (Å²) in [6, 6.07) is 0. The summed E-state index contributed by atoms with van der Waals surface area (Å²) in [6.07, 6.45) is 5.38. The second-order valence-electron chi connectivity index (χ2n) is 2.55. The van der Waals surface area contributed by atoms with Crippen molar-refractivity contribution in [1.82, 2.24) is 0 Å². The first kappa shape index (κ1) is 10.9. The topological polar surface area (TPSA) is 20.2 Å². The van der Waals surface area contributed by atoms with Gasteiger partial charge in [-0.25, -0.2) is 0 Å². The zero-order chi connectivity index (χ0) is 8.74. The molecular weight excluding hydrogens is 204 g/mol. The maximum absolute atomic E-state index is 8.78. The fraction of sp³-hybridized carbons (Fsp3) is 0.556. The lowest BCUT2D eigenvalue weighted by Gasteiger charge is -2.24. The number of hydrogen-bond acceptors (Lipinski definition) is 1. The van der Waals surface area contributed by atoms with Crippen LogP contribution in [0.25, 0.3) is 0 Å². The smallest absolute Gasteiger partial charge is 0.0442 e. The maximum atomic E-state index is 8.78. The highest BCUT2D eigenvalue weighted by Crippen LogP contribution is 2.29. The van der Waals surface area contributed by atoms with Crippen LogP contribution in [0.1, 0.15) is 12.8 Å².